The first-order chi connectivity index (χ1) is 9.09. The van der Waals surface area contributed by atoms with Gasteiger partial charge in [0, 0.05) is 18.6 Å². The second-order valence-electron chi connectivity index (χ2n) is 6.12. The van der Waals surface area contributed by atoms with Gasteiger partial charge in [-0.1, -0.05) is 29.3 Å². The second-order valence-corrected chi connectivity index (χ2v) is 6.94. The number of halogens is 2. The Morgan fingerprint density at radius 3 is 2.74 bits per heavy atom. The zero-order valence-corrected chi connectivity index (χ0v) is 12.4. The minimum Gasteiger partial charge on any atom is -0.364 e. The molecule has 0 spiro atoms. The van der Waals surface area contributed by atoms with Gasteiger partial charge in [-0.05, 0) is 43.9 Å². The highest BCUT2D eigenvalue weighted by Gasteiger charge is 2.58. The van der Waals surface area contributed by atoms with E-state index in [0.717, 1.165) is 19.0 Å². The third-order valence-corrected chi connectivity index (χ3v) is 5.56. The number of rotatable bonds is 2. The standard InChI is InChI=1S/C15H17Cl2NO/c1-9-14-7-15(19-9,8-18(14)11-3-4-11)10-2-5-12(16)13(17)6-10/h2,5-6,9,11,14H,3-4,7-8H2,1H3. The fourth-order valence-corrected chi connectivity index (χ4v) is 4.05. The maximum atomic E-state index is 6.29. The predicted molar refractivity (Wildman–Crippen MR) is 76.8 cm³/mol. The fourth-order valence-electron chi connectivity index (χ4n) is 3.75. The van der Waals surface area contributed by atoms with Crippen molar-refractivity contribution in [3.63, 3.8) is 0 Å². The van der Waals surface area contributed by atoms with Gasteiger partial charge in [0.15, 0.2) is 0 Å². The molecule has 3 atom stereocenters. The van der Waals surface area contributed by atoms with Gasteiger partial charge in [0.25, 0.3) is 0 Å². The van der Waals surface area contributed by atoms with Crippen LogP contribution < -0.4 is 0 Å². The minimum atomic E-state index is -0.166. The highest BCUT2D eigenvalue weighted by Crippen LogP contribution is 2.51. The Kier molecular flexibility index (Phi) is 2.69. The van der Waals surface area contributed by atoms with Crippen LogP contribution in [0.4, 0.5) is 0 Å². The van der Waals surface area contributed by atoms with Crippen LogP contribution in [-0.4, -0.2) is 29.6 Å². The molecule has 0 N–H and O–H groups in total. The highest BCUT2D eigenvalue weighted by molar-refractivity contribution is 6.42. The predicted octanol–water partition coefficient (Wildman–Crippen LogP) is 3.84. The summed E-state index contributed by atoms with van der Waals surface area (Å²) in [5, 5.41) is 1.24. The van der Waals surface area contributed by atoms with E-state index in [0.29, 0.717) is 22.2 Å². The van der Waals surface area contributed by atoms with Crippen LogP contribution in [-0.2, 0) is 10.3 Å². The van der Waals surface area contributed by atoms with Crippen molar-refractivity contribution in [3.05, 3.63) is 33.8 Å². The molecule has 3 aliphatic rings. The first-order valence-electron chi connectivity index (χ1n) is 6.98. The number of nitrogens with zero attached hydrogens (tertiary/aromatic N) is 1. The number of hydrogen-bond donors (Lipinski definition) is 0. The Labute approximate surface area is 123 Å². The number of fused-ring (bicyclic) bond motifs is 2. The van der Waals surface area contributed by atoms with Gasteiger partial charge < -0.3 is 4.74 Å². The van der Waals surface area contributed by atoms with Crippen LogP contribution >= 0.6 is 23.2 Å². The monoisotopic (exact) mass is 297 g/mol. The molecule has 2 aliphatic heterocycles. The van der Waals surface area contributed by atoms with Gasteiger partial charge in [0.2, 0.25) is 0 Å². The first kappa shape index (κ1) is 12.5. The number of likely N-dealkylation sites (tertiary alicyclic amines) is 1. The second kappa shape index (κ2) is 4.11. The van der Waals surface area contributed by atoms with Crippen LogP contribution in [0.1, 0.15) is 31.7 Å². The summed E-state index contributed by atoms with van der Waals surface area (Å²) in [6.07, 6.45) is 4.09. The van der Waals surface area contributed by atoms with Crippen LogP contribution in [0, 0.1) is 0 Å². The lowest BCUT2D eigenvalue weighted by atomic mass is 9.93. The molecular formula is C15H17Cl2NO. The van der Waals surface area contributed by atoms with E-state index < -0.39 is 0 Å². The first-order valence-corrected chi connectivity index (χ1v) is 7.74. The quantitative estimate of drug-likeness (QED) is 0.822. The van der Waals surface area contributed by atoms with Gasteiger partial charge in [-0.2, -0.15) is 0 Å². The number of benzene rings is 1. The summed E-state index contributed by atoms with van der Waals surface area (Å²) in [6, 6.07) is 7.30. The molecule has 4 rings (SSSR count). The fraction of sp³-hybridized carbons (Fsp3) is 0.600. The van der Waals surface area contributed by atoms with Crippen molar-refractivity contribution < 1.29 is 4.74 Å². The summed E-state index contributed by atoms with van der Waals surface area (Å²) >= 11 is 12.2. The number of hydrogen-bond acceptors (Lipinski definition) is 2. The molecule has 0 radical (unpaired) electrons. The van der Waals surface area contributed by atoms with Gasteiger partial charge >= 0.3 is 0 Å². The average molecular weight is 298 g/mol. The van der Waals surface area contributed by atoms with Crippen LogP contribution in [0.15, 0.2) is 18.2 Å². The largest absolute Gasteiger partial charge is 0.364 e. The Bertz CT molecular complexity index is 531. The lowest BCUT2D eigenvalue weighted by Gasteiger charge is -2.37. The van der Waals surface area contributed by atoms with Crippen LogP contribution in [0.2, 0.25) is 10.0 Å². The van der Waals surface area contributed by atoms with Gasteiger partial charge in [0.05, 0.1) is 16.1 Å². The Morgan fingerprint density at radius 2 is 2.05 bits per heavy atom. The minimum absolute atomic E-state index is 0.166. The molecule has 2 bridgehead atoms. The van der Waals surface area contributed by atoms with Gasteiger partial charge in [-0.3, -0.25) is 4.90 Å². The van der Waals surface area contributed by atoms with Crippen molar-refractivity contribution in [1.29, 1.82) is 0 Å². The molecule has 2 nitrogen and oxygen atoms in total. The van der Waals surface area contributed by atoms with Crippen molar-refractivity contribution in [1.82, 2.24) is 4.90 Å². The zero-order valence-electron chi connectivity index (χ0n) is 10.9. The summed E-state index contributed by atoms with van der Waals surface area (Å²) in [5.74, 6) is 0. The summed E-state index contributed by atoms with van der Waals surface area (Å²) in [4.78, 5) is 2.65. The maximum Gasteiger partial charge on any atom is 0.108 e. The van der Waals surface area contributed by atoms with Crippen molar-refractivity contribution in [2.24, 2.45) is 0 Å². The van der Waals surface area contributed by atoms with E-state index in [9.17, 15) is 0 Å². The molecule has 102 valence electrons. The van der Waals surface area contributed by atoms with Crippen molar-refractivity contribution in [3.8, 4) is 0 Å². The van der Waals surface area contributed by atoms with E-state index >= 15 is 0 Å². The van der Waals surface area contributed by atoms with Crippen molar-refractivity contribution in [2.45, 2.75) is 50.0 Å². The SMILES string of the molecule is CC1OC2(c3ccc(Cl)c(Cl)c3)CC1N(C1CC1)C2. The lowest BCUT2D eigenvalue weighted by molar-refractivity contribution is -0.0946. The Hall–Kier alpha value is -0.280. The van der Waals surface area contributed by atoms with E-state index in [-0.39, 0.29) is 5.60 Å². The molecule has 3 unspecified atom stereocenters. The molecule has 1 saturated carbocycles. The van der Waals surface area contributed by atoms with E-state index in [1.807, 2.05) is 12.1 Å². The molecule has 2 heterocycles. The Morgan fingerprint density at radius 1 is 1.26 bits per heavy atom. The molecule has 0 aromatic heterocycles. The van der Waals surface area contributed by atoms with Gasteiger partial charge in [-0.15, -0.1) is 0 Å². The van der Waals surface area contributed by atoms with E-state index in [1.165, 1.54) is 18.4 Å². The number of ether oxygens (including phenoxy) is 1. The maximum absolute atomic E-state index is 6.29. The molecule has 19 heavy (non-hydrogen) atoms. The third kappa shape index (κ3) is 1.84. The molecule has 1 aliphatic carbocycles. The highest BCUT2D eigenvalue weighted by atomic mass is 35.5. The van der Waals surface area contributed by atoms with Gasteiger partial charge in [-0.25, -0.2) is 0 Å². The summed E-state index contributed by atoms with van der Waals surface area (Å²) < 4.78 is 6.29. The van der Waals surface area contributed by atoms with E-state index in [4.69, 9.17) is 27.9 Å². The van der Waals surface area contributed by atoms with E-state index in [1.54, 1.807) is 0 Å². The topological polar surface area (TPSA) is 12.5 Å². The van der Waals surface area contributed by atoms with Crippen LogP contribution in [0.25, 0.3) is 0 Å². The average Bonchev–Trinajstić information content (AvgIpc) is 3.09. The van der Waals surface area contributed by atoms with Crippen LogP contribution in [0.3, 0.4) is 0 Å². The summed E-state index contributed by atoms with van der Waals surface area (Å²) in [7, 11) is 0. The smallest absolute Gasteiger partial charge is 0.108 e. The molecule has 1 aromatic rings. The van der Waals surface area contributed by atoms with Crippen molar-refractivity contribution in [2.75, 3.05) is 6.54 Å². The molecule has 1 aromatic carbocycles. The number of morpholine rings is 1. The Balaban J connectivity index is 1.71. The summed E-state index contributed by atoms with van der Waals surface area (Å²) in [6.45, 7) is 3.20. The van der Waals surface area contributed by atoms with Crippen LogP contribution in [0.5, 0.6) is 0 Å². The van der Waals surface area contributed by atoms with E-state index in [2.05, 4.69) is 17.9 Å². The molecular weight excluding hydrogens is 281 g/mol. The molecule has 4 heteroatoms. The lowest BCUT2D eigenvalue weighted by Crippen LogP contribution is -2.46. The normalized spacial score (nSPS) is 38.1. The molecule has 0 amide bonds. The summed E-state index contributed by atoms with van der Waals surface area (Å²) in [5.41, 5.74) is 1.01. The van der Waals surface area contributed by atoms with Gasteiger partial charge in [0.1, 0.15) is 5.60 Å². The molecule has 2 saturated heterocycles. The zero-order chi connectivity index (χ0) is 13.2. The molecule has 3 fully saturated rings. The van der Waals surface area contributed by atoms with Crippen molar-refractivity contribution >= 4 is 23.2 Å². The third-order valence-electron chi connectivity index (χ3n) is 4.82.